The number of carboxylic acid groups (broad SMARTS) is 1. The van der Waals surface area contributed by atoms with Gasteiger partial charge in [0.15, 0.2) is 5.82 Å². The van der Waals surface area contributed by atoms with Gasteiger partial charge in [0.1, 0.15) is 11.3 Å². The van der Waals surface area contributed by atoms with Gasteiger partial charge in [-0.15, -0.1) is 11.3 Å². The zero-order valence-electron chi connectivity index (χ0n) is 10.9. The molecule has 3 aromatic heterocycles. The largest absolute Gasteiger partial charge is 0.478 e. The zero-order chi connectivity index (χ0) is 15.0. The average Bonchev–Trinajstić information content (AvgIpc) is 3.04. The second-order valence-electron chi connectivity index (χ2n) is 4.46. The molecule has 0 spiro atoms. The van der Waals surface area contributed by atoms with Crippen molar-refractivity contribution < 1.29 is 9.90 Å². The van der Waals surface area contributed by atoms with Crippen LogP contribution < -0.4 is 0 Å². The average molecular weight is 364 g/mol. The fourth-order valence-electron chi connectivity index (χ4n) is 1.91. The third-order valence-electron chi connectivity index (χ3n) is 2.88. The van der Waals surface area contributed by atoms with Gasteiger partial charge in [-0.25, -0.2) is 14.5 Å². The normalized spacial score (nSPS) is 10.8. The third kappa shape index (κ3) is 2.74. The van der Waals surface area contributed by atoms with Gasteiger partial charge >= 0.3 is 5.97 Å². The van der Waals surface area contributed by atoms with E-state index >= 15 is 0 Å². The van der Waals surface area contributed by atoms with Gasteiger partial charge < -0.3 is 5.11 Å². The number of aryl methyl sites for hydroxylation is 1. The van der Waals surface area contributed by atoms with Gasteiger partial charge in [-0.05, 0) is 46.6 Å². The lowest BCUT2D eigenvalue weighted by molar-refractivity contribution is 0.0697. The van der Waals surface area contributed by atoms with E-state index in [2.05, 4.69) is 26.0 Å². The molecular formula is C14H10BrN3O2S. The molecule has 0 aliphatic heterocycles. The molecule has 3 heterocycles. The Kier molecular flexibility index (Phi) is 3.60. The predicted molar refractivity (Wildman–Crippen MR) is 84.1 cm³/mol. The number of aromatic carboxylic acids is 1. The Morgan fingerprint density at radius 3 is 2.86 bits per heavy atom. The summed E-state index contributed by atoms with van der Waals surface area (Å²) in [4.78, 5) is 16.5. The number of pyridine rings is 1. The first-order valence-electron chi connectivity index (χ1n) is 6.05. The van der Waals surface area contributed by atoms with Crippen LogP contribution in [0.3, 0.4) is 0 Å². The Balaban J connectivity index is 2.15. The van der Waals surface area contributed by atoms with Crippen LogP contribution in [-0.2, 0) is 0 Å². The van der Waals surface area contributed by atoms with E-state index in [0.717, 1.165) is 14.9 Å². The summed E-state index contributed by atoms with van der Waals surface area (Å²) in [6.07, 6.45) is 3.17. The summed E-state index contributed by atoms with van der Waals surface area (Å²) in [6.45, 7) is 1.95. The van der Waals surface area contributed by atoms with E-state index in [-0.39, 0.29) is 5.56 Å². The van der Waals surface area contributed by atoms with Crippen molar-refractivity contribution in [3.05, 3.63) is 51.6 Å². The number of thiophene rings is 1. The van der Waals surface area contributed by atoms with Crippen LogP contribution >= 0.6 is 27.3 Å². The van der Waals surface area contributed by atoms with E-state index in [1.165, 1.54) is 22.2 Å². The number of carbonyl (C=O) groups is 1. The molecule has 106 valence electrons. The summed E-state index contributed by atoms with van der Waals surface area (Å²) >= 11 is 4.81. The van der Waals surface area contributed by atoms with E-state index in [1.54, 1.807) is 6.20 Å². The van der Waals surface area contributed by atoms with Crippen molar-refractivity contribution in [1.29, 1.82) is 0 Å². The summed E-state index contributed by atoms with van der Waals surface area (Å²) in [5.41, 5.74) is 1.64. The quantitative estimate of drug-likeness (QED) is 0.768. The molecule has 0 radical (unpaired) electrons. The number of carboxylic acids is 1. The molecule has 0 saturated carbocycles. The molecule has 0 aromatic carbocycles. The lowest BCUT2D eigenvalue weighted by Gasteiger charge is -2.00. The summed E-state index contributed by atoms with van der Waals surface area (Å²) in [7, 11) is 0. The van der Waals surface area contributed by atoms with Crippen LogP contribution in [0.2, 0.25) is 0 Å². The lowest BCUT2D eigenvalue weighted by atomic mass is 10.2. The summed E-state index contributed by atoms with van der Waals surface area (Å²) in [5, 5.41) is 15.7. The lowest BCUT2D eigenvalue weighted by Crippen LogP contribution is -1.98. The highest BCUT2D eigenvalue weighted by Crippen LogP contribution is 2.31. The van der Waals surface area contributed by atoms with Gasteiger partial charge in [0.05, 0.1) is 4.88 Å². The SMILES string of the molecule is Cc1ccnc(-n2cc(C(=O)O)c(-c3cc(Br)cs3)n2)c1. The maximum absolute atomic E-state index is 11.4. The molecule has 0 bridgehead atoms. The van der Waals surface area contributed by atoms with Crippen LogP contribution in [0, 0.1) is 6.92 Å². The Bertz CT molecular complexity index is 825. The summed E-state index contributed by atoms with van der Waals surface area (Å²) in [6, 6.07) is 5.59. The smallest absolute Gasteiger partial charge is 0.339 e. The van der Waals surface area contributed by atoms with Gasteiger partial charge in [0.25, 0.3) is 0 Å². The molecule has 7 heteroatoms. The number of halogens is 1. The molecule has 0 aliphatic carbocycles. The van der Waals surface area contributed by atoms with E-state index in [1.807, 2.05) is 30.5 Å². The standard InChI is InChI=1S/C14H10BrN3O2S/c1-8-2-3-16-12(4-8)18-6-10(14(19)20)13(17-18)11-5-9(15)7-21-11/h2-7H,1H3,(H,19,20). The molecule has 21 heavy (non-hydrogen) atoms. The van der Waals surface area contributed by atoms with Crippen LogP contribution in [0.15, 0.2) is 40.4 Å². The van der Waals surface area contributed by atoms with Gasteiger partial charge in [-0.3, -0.25) is 0 Å². The van der Waals surface area contributed by atoms with Crippen molar-refractivity contribution in [3.8, 4) is 16.4 Å². The molecule has 5 nitrogen and oxygen atoms in total. The molecule has 0 saturated heterocycles. The molecule has 0 aliphatic rings. The number of aromatic nitrogens is 3. The summed E-state index contributed by atoms with van der Waals surface area (Å²) in [5.74, 6) is -0.409. The van der Waals surface area contributed by atoms with Crippen molar-refractivity contribution in [3.63, 3.8) is 0 Å². The first kappa shape index (κ1) is 14.0. The van der Waals surface area contributed by atoms with Crippen LogP contribution in [0.5, 0.6) is 0 Å². The minimum Gasteiger partial charge on any atom is -0.478 e. The molecule has 1 N–H and O–H groups in total. The number of hydrogen-bond donors (Lipinski definition) is 1. The summed E-state index contributed by atoms with van der Waals surface area (Å²) < 4.78 is 2.40. The Hall–Kier alpha value is -1.99. The highest BCUT2D eigenvalue weighted by atomic mass is 79.9. The number of rotatable bonds is 3. The van der Waals surface area contributed by atoms with Crippen molar-refractivity contribution in [2.24, 2.45) is 0 Å². The monoisotopic (exact) mass is 363 g/mol. The Morgan fingerprint density at radius 2 is 2.24 bits per heavy atom. The molecular weight excluding hydrogens is 354 g/mol. The highest BCUT2D eigenvalue weighted by molar-refractivity contribution is 9.10. The van der Waals surface area contributed by atoms with Crippen LogP contribution in [0.25, 0.3) is 16.4 Å². The van der Waals surface area contributed by atoms with Crippen molar-refractivity contribution in [2.45, 2.75) is 6.92 Å². The van der Waals surface area contributed by atoms with E-state index in [9.17, 15) is 9.90 Å². The first-order valence-corrected chi connectivity index (χ1v) is 7.72. The molecule has 0 fully saturated rings. The fourth-order valence-corrected chi connectivity index (χ4v) is 3.34. The zero-order valence-corrected chi connectivity index (χ0v) is 13.3. The van der Waals surface area contributed by atoms with Crippen molar-refractivity contribution >= 4 is 33.2 Å². The minimum atomic E-state index is -1.01. The Labute approximate surface area is 133 Å². The maximum Gasteiger partial charge on any atom is 0.339 e. The van der Waals surface area contributed by atoms with Gasteiger partial charge in [0, 0.05) is 22.2 Å². The van der Waals surface area contributed by atoms with E-state index < -0.39 is 5.97 Å². The maximum atomic E-state index is 11.4. The molecule has 0 atom stereocenters. The number of hydrogen-bond acceptors (Lipinski definition) is 4. The van der Waals surface area contributed by atoms with Crippen LogP contribution in [0.4, 0.5) is 0 Å². The third-order valence-corrected chi connectivity index (χ3v) is 4.58. The Morgan fingerprint density at radius 1 is 1.43 bits per heavy atom. The van der Waals surface area contributed by atoms with Crippen LogP contribution in [-0.4, -0.2) is 25.8 Å². The topological polar surface area (TPSA) is 68.0 Å². The molecule has 3 aromatic rings. The highest BCUT2D eigenvalue weighted by Gasteiger charge is 2.19. The first-order chi connectivity index (χ1) is 10.0. The van der Waals surface area contributed by atoms with Crippen molar-refractivity contribution in [1.82, 2.24) is 14.8 Å². The van der Waals surface area contributed by atoms with Gasteiger partial charge in [0.2, 0.25) is 0 Å². The van der Waals surface area contributed by atoms with Crippen LogP contribution in [0.1, 0.15) is 15.9 Å². The second-order valence-corrected chi connectivity index (χ2v) is 6.29. The number of nitrogens with zero attached hydrogens (tertiary/aromatic N) is 3. The predicted octanol–water partition coefficient (Wildman–Crippen LogP) is 3.76. The van der Waals surface area contributed by atoms with E-state index in [4.69, 9.17) is 0 Å². The minimum absolute atomic E-state index is 0.160. The second kappa shape index (κ2) is 5.42. The van der Waals surface area contributed by atoms with Gasteiger partial charge in [-0.1, -0.05) is 0 Å². The van der Waals surface area contributed by atoms with Gasteiger partial charge in [-0.2, -0.15) is 5.10 Å². The molecule has 0 amide bonds. The molecule has 3 rings (SSSR count). The van der Waals surface area contributed by atoms with E-state index in [0.29, 0.717) is 11.5 Å². The molecule has 0 unspecified atom stereocenters. The van der Waals surface area contributed by atoms with Crippen molar-refractivity contribution in [2.75, 3.05) is 0 Å². The fraction of sp³-hybridized carbons (Fsp3) is 0.0714.